The molecule has 3 atom stereocenters. The second-order valence-corrected chi connectivity index (χ2v) is 7.18. The van der Waals surface area contributed by atoms with E-state index >= 15 is 0 Å². The highest BCUT2D eigenvalue weighted by molar-refractivity contribution is 5.61. The fourth-order valence-corrected chi connectivity index (χ4v) is 4.87. The molecule has 3 N–H and O–H groups in total. The van der Waals surface area contributed by atoms with Crippen LogP contribution in [0, 0.1) is 56.2 Å². The summed E-state index contributed by atoms with van der Waals surface area (Å²) in [5, 5.41) is 42.0. The van der Waals surface area contributed by atoms with Crippen LogP contribution in [-0.4, -0.2) is 5.54 Å². The highest BCUT2D eigenvalue weighted by atomic mass is 15.1. The van der Waals surface area contributed by atoms with Crippen LogP contribution < -0.4 is 11.1 Å². The van der Waals surface area contributed by atoms with Gasteiger partial charge in [0, 0.05) is 5.41 Å². The number of fused-ring (bicyclic) bond motifs is 2. The molecular formula is C19H22N6. The summed E-state index contributed by atoms with van der Waals surface area (Å²) in [6, 6.07) is 8.30. The summed E-state index contributed by atoms with van der Waals surface area (Å²) in [6.07, 6.45) is 3.56. The van der Waals surface area contributed by atoms with Crippen molar-refractivity contribution in [3.05, 3.63) is 22.5 Å². The van der Waals surface area contributed by atoms with Gasteiger partial charge >= 0.3 is 0 Å². The maximum absolute atomic E-state index is 10.2. The standard InChI is InChI=1S/C19H22N6/c1-4-6-17(3)11-18(7-5-2)14(10-22)15(24)19(17,12-23)16(25-18)13(8-20)9-21/h25H,4-7,11,24H2,1-3H3/t17-,18-,19+/m1/s1. The lowest BCUT2D eigenvalue weighted by molar-refractivity contribution is 0.0374. The molecule has 0 unspecified atom stereocenters. The van der Waals surface area contributed by atoms with Crippen molar-refractivity contribution in [3.8, 4) is 24.3 Å². The van der Waals surface area contributed by atoms with Crippen LogP contribution in [0.3, 0.4) is 0 Å². The fourth-order valence-electron chi connectivity index (χ4n) is 4.87. The maximum atomic E-state index is 10.2. The van der Waals surface area contributed by atoms with Gasteiger partial charge in [-0.25, -0.2) is 0 Å². The van der Waals surface area contributed by atoms with Gasteiger partial charge in [0.2, 0.25) is 0 Å². The second kappa shape index (κ2) is 6.16. The van der Waals surface area contributed by atoms with Crippen molar-refractivity contribution in [1.82, 2.24) is 5.32 Å². The Morgan fingerprint density at radius 1 is 1.12 bits per heavy atom. The van der Waals surface area contributed by atoms with E-state index < -0.39 is 16.4 Å². The van der Waals surface area contributed by atoms with Gasteiger partial charge in [-0.2, -0.15) is 21.0 Å². The SMILES string of the molecule is CCC[C@@]12C[C@@](C)(CCC)[C@@](C#N)(C(N)=C1C#N)C(=C(C#N)C#N)N2. The van der Waals surface area contributed by atoms with E-state index in [1.165, 1.54) is 0 Å². The summed E-state index contributed by atoms with van der Waals surface area (Å²) >= 11 is 0. The quantitative estimate of drug-likeness (QED) is 0.759. The predicted octanol–water partition coefficient (Wildman–Crippen LogP) is 2.89. The number of nitrogens with two attached hydrogens (primary N) is 1. The summed E-state index contributed by atoms with van der Waals surface area (Å²) in [4.78, 5) is 0. The Hall–Kier alpha value is -2.96. The third-order valence-electron chi connectivity index (χ3n) is 5.72. The molecule has 25 heavy (non-hydrogen) atoms. The van der Waals surface area contributed by atoms with E-state index in [1.807, 2.05) is 32.9 Å². The van der Waals surface area contributed by atoms with Crippen molar-refractivity contribution in [2.24, 2.45) is 16.6 Å². The van der Waals surface area contributed by atoms with Crippen LogP contribution in [0.1, 0.15) is 52.9 Å². The molecule has 0 aromatic heterocycles. The molecule has 2 bridgehead atoms. The summed E-state index contributed by atoms with van der Waals surface area (Å²) in [7, 11) is 0. The molecule has 6 heteroatoms. The summed E-state index contributed by atoms with van der Waals surface area (Å²) in [6.45, 7) is 6.03. The van der Waals surface area contributed by atoms with Gasteiger partial charge in [-0.05, 0) is 19.3 Å². The molecule has 0 aromatic rings. The molecule has 2 aliphatic heterocycles. The largest absolute Gasteiger partial charge is 0.400 e. The van der Waals surface area contributed by atoms with Crippen LogP contribution in [0.15, 0.2) is 22.5 Å². The predicted molar refractivity (Wildman–Crippen MR) is 91.5 cm³/mol. The Morgan fingerprint density at radius 3 is 2.16 bits per heavy atom. The van der Waals surface area contributed by atoms with Crippen LogP contribution >= 0.6 is 0 Å². The van der Waals surface area contributed by atoms with E-state index in [2.05, 4.69) is 17.5 Å². The number of piperidine rings is 1. The summed E-state index contributed by atoms with van der Waals surface area (Å²) in [5.41, 5.74) is 4.48. The highest BCUT2D eigenvalue weighted by Gasteiger charge is 2.67. The minimum absolute atomic E-state index is 0.135. The smallest absolute Gasteiger partial charge is 0.150 e. The topological polar surface area (TPSA) is 133 Å². The van der Waals surface area contributed by atoms with Gasteiger partial charge < -0.3 is 11.1 Å². The molecule has 1 aliphatic carbocycles. The van der Waals surface area contributed by atoms with Gasteiger partial charge in [0.1, 0.15) is 17.6 Å². The Bertz CT molecular complexity index is 808. The van der Waals surface area contributed by atoms with Gasteiger partial charge in [-0.3, -0.25) is 0 Å². The van der Waals surface area contributed by atoms with Gasteiger partial charge in [0.05, 0.1) is 34.6 Å². The minimum Gasteiger partial charge on any atom is -0.400 e. The van der Waals surface area contributed by atoms with E-state index in [4.69, 9.17) is 5.73 Å². The zero-order chi connectivity index (χ0) is 18.9. The molecule has 128 valence electrons. The van der Waals surface area contributed by atoms with Crippen molar-refractivity contribution < 1.29 is 0 Å². The number of nitrogens with one attached hydrogen (secondary N) is 1. The number of nitrogens with zero attached hydrogens (tertiary/aromatic N) is 4. The first-order chi connectivity index (χ1) is 11.9. The van der Waals surface area contributed by atoms with Crippen molar-refractivity contribution >= 4 is 0 Å². The first-order valence-electron chi connectivity index (χ1n) is 8.51. The highest BCUT2D eigenvalue weighted by Crippen LogP contribution is 2.64. The third-order valence-corrected chi connectivity index (χ3v) is 5.72. The normalized spacial score (nSPS) is 32.8. The Labute approximate surface area is 148 Å². The number of hydrogen-bond acceptors (Lipinski definition) is 6. The van der Waals surface area contributed by atoms with Crippen molar-refractivity contribution in [2.75, 3.05) is 0 Å². The van der Waals surface area contributed by atoms with Crippen LogP contribution in [0.5, 0.6) is 0 Å². The maximum Gasteiger partial charge on any atom is 0.150 e. The summed E-state index contributed by atoms with van der Waals surface area (Å²) < 4.78 is 0. The van der Waals surface area contributed by atoms with E-state index in [0.29, 0.717) is 24.8 Å². The van der Waals surface area contributed by atoms with Crippen LogP contribution in [0.25, 0.3) is 0 Å². The fraction of sp³-hybridized carbons (Fsp3) is 0.579. The van der Waals surface area contributed by atoms with Gasteiger partial charge in [-0.1, -0.05) is 33.6 Å². The first kappa shape index (κ1) is 18.4. The number of hydrogen-bond donors (Lipinski definition) is 2. The molecule has 0 aromatic carbocycles. The molecule has 6 nitrogen and oxygen atoms in total. The lowest BCUT2D eigenvalue weighted by Gasteiger charge is -2.61. The number of allylic oxidation sites excluding steroid dienone is 1. The number of rotatable bonds is 4. The molecule has 1 saturated heterocycles. The average molecular weight is 334 g/mol. The lowest BCUT2D eigenvalue weighted by Crippen LogP contribution is -2.68. The zero-order valence-electron chi connectivity index (χ0n) is 14.9. The van der Waals surface area contributed by atoms with E-state index in [9.17, 15) is 21.0 Å². The first-order valence-corrected chi connectivity index (χ1v) is 8.51. The van der Waals surface area contributed by atoms with Crippen LogP contribution in [-0.2, 0) is 0 Å². The molecule has 3 rings (SSSR count). The molecular weight excluding hydrogens is 312 g/mol. The molecule has 2 heterocycles. The van der Waals surface area contributed by atoms with Gasteiger partial charge in [0.25, 0.3) is 0 Å². The second-order valence-electron chi connectivity index (χ2n) is 7.18. The Kier molecular flexibility index (Phi) is 4.53. The van der Waals surface area contributed by atoms with Gasteiger partial charge in [-0.15, -0.1) is 0 Å². The van der Waals surface area contributed by atoms with Crippen molar-refractivity contribution in [2.45, 2.75) is 58.4 Å². The van der Waals surface area contributed by atoms with E-state index in [0.717, 1.165) is 12.8 Å². The lowest BCUT2D eigenvalue weighted by atomic mass is 9.46. The minimum atomic E-state index is -1.36. The Balaban J connectivity index is 3.00. The number of nitriles is 4. The van der Waals surface area contributed by atoms with E-state index in [1.54, 1.807) is 0 Å². The molecule has 0 saturated carbocycles. The molecule has 0 radical (unpaired) electrons. The monoisotopic (exact) mass is 334 g/mol. The van der Waals surface area contributed by atoms with Crippen molar-refractivity contribution in [3.63, 3.8) is 0 Å². The van der Waals surface area contributed by atoms with Crippen LogP contribution in [0.2, 0.25) is 0 Å². The third kappa shape index (κ3) is 2.12. The van der Waals surface area contributed by atoms with Gasteiger partial charge in [0.15, 0.2) is 5.57 Å². The Morgan fingerprint density at radius 2 is 1.72 bits per heavy atom. The zero-order valence-corrected chi connectivity index (χ0v) is 14.9. The molecule has 0 spiro atoms. The molecule has 0 amide bonds. The molecule has 3 aliphatic rings. The van der Waals surface area contributed by atoms with E-state index in [-0.39, 0.29) is 17.0 Å². The van der Waals surface area contributed by atoms with Crippen LogP contribution in [0.4, 0.5) is 0 Å². The average Bonchev–Trinajstić information content (AvgIpc) is 2.56. The molecule has 1 fully saturated rings. The van der Waals surface area contributed by atoms with Crippen molar-refractivity contribution in [1.29, 1.82) is 21.0 Å². The summed E-state index contributed by atoms with van der Waals surface area (Å²) in [5.74, 6) is 0.